The lowest BCUT2D eigenvalue weighted by atomic mass is 10.0. The Morgan fingerprint density at radius 1 is 1.41 bits per heavy atom. The van der Waals surface area contributed by atoms with Gasteiger partial charge in [-0.25, -0.2) is 0 Å². The Morgan fingerprint density at radius 3 is 2.88 bits per heavy atom. The van der Waals surface area contributed by atoms with E-state index in [2.05, 4.69) is 12.1 Å². The van der Waals surface area contributed by atoms with E-state index >= 15 is 0 Å². The predicted octanol–water partition coefficient (Wildman–Crippen LogP) is 3.59. The average Bonchev–Trinajstić information content (AvgIpc) is 2.75. The van der Waals surface area contributed by atoms with E-state index in [1.165, 1.54) is 17.5 Å². The Morgan fingerprint density at radius 2 is 2.18 bits per heavy atom. The van der Waals surface area contributed by atoms with Crippen molar-refractivity contribution in [1.82, 2.24) is 0 Å². The van der Waals surface area contributed by atoms with E-state index in [9.17, 15) is 10.1 Å². The summed E-state index contributed by atoms with van der Waals surface area (Å²) in [6, 6.07) is 6.20. The third-order valence-electron chi connectivity index (χ3n) is 3.20. The van der Waals surface area contributed by atoms with Crippen LogP contribution in [0.3, 0.4) is 0 Å². The van der Waals surface area contributed by atoms with Gasteiger partial charge in [0, 0.05) is 12.5 Å². The smallest absolute Gasteiger partial charge is 0.246 e. The Labute approximate surface area is 101 Å². The molecule has 0 saturated heterocycles. The Balaban J connectivity index is 2.27. The molecule has 0 saturated carbocycles. The van der Waals surface area contributed by atoms with E-state index in [0.29, 0.717) is 12.1 Å². The second-order valence-electron chi connectivity index (χ2n) is 4.52. The summed E-state index contributed by atoms with van der Waals surface area (Å²) in [5.41, 5.74) is 4.04. The fourth-order valence-corrected chi connectivity index (χ4v) is 2.35. The summed E-state index contributed by atoms with van der Waals surface area (Å²) in [5.74, 6) is 0. The third-order valence-corrected chi connectivity index (χ3v) is 3.20. The van der Waals surface area contributed by atoms with Crippen molar-refractivity contribution in [3.63, 3.8) is 0 Å². The van der Waals surface area contributed by atoms with Gasteiger partial charge < -0.3 is 0 Å². The number of allylic oxidation sites excluding steroid dienone is 1. The Hall–Kier alpha value is -1.64. The molecule has 3 nitrogen and oxygen atoms in total. The minimum absolute atomic E-state index is 0.267. The summed E-state index contributed by atoms with van der Waals surface area (Å²) in [6.07, 6.45) is 6.51. The second kappa shape index (κ2) is 5.13. The largest absolute Gasteiger partial charge is 0.259 e. The maximum Gasteiger partial charge on any atom is 0.246 e. The molecule has 17 heavy (non-hydrogen) atoms. The van der Waals surface area contributed by atoms with Gasteiger partial charge in [0.1, 0.15) is 0 Å². The van der Waals surface area contributed by atoms with Gasteiger partial charge in [-0.2, -0.15) is 0 Å². The van der Waals surface area contributed by atoms with Crippen LogP contribution in [0.4, 0.5) is 0 Å². The molecule has 0 fully saturated rings. The number of aryl methyl sites for hydroxylation is 2. The summed E-state index contributed by atoms with van der Waals surface area (Å²) < 4.78 is 0. The molecule has 0 heterocycles. The van der Waals surface area contributed by atoms with E-state index in [1.54, 1.807) is 6.08 Å². The van der Waals surface area contributed by atoms with E-state index in [4.69, 9.17) is 0 Å². The lowest BCUT2D eigenvalue weighted by Crippen LogP contribution is -1.98. The zero-order valence-electron chi connectivity index (χ0n) is 10.1. The van der Waals surface area contributed by atoms with Gasteiger partial charge in [0.15, 0.2) is 0 Å². The van der Waals surface area contributed by atoms with E-state index < -0.39 is 0 Å². The van der Waals surface area contributed by atoms with E-state index in [-0.39, 0.29) is 4.92 Å². The number of fused-ring (bicyclic) bond motifs is 1. The van der Waals surface area contributed by atoms with Gasteiger partial charge in [0.25, 0.3) is 0 Å². The van der Waals surface area contributed by atoms with E-state index in [1.807, 2.05) is 13.0 Å². The molecule has 2 rings (SSSR count). The second-order valence-corrected chi connectivity index (χ2v) is 4.52. The van der Waals surface area contributed by atoms with Crippen LogP contribution in [0.15, 0.2) is 23.9 Å². The van der Waals surface area contributed by atoms with Crippen molar-refractivity contribution in [2.24, 2.45) is 0 Å². The summed E-state index contributed by atoms with van der Waals surface area (Å²) in [4.78, 5) is 10.6. The number of nitrogens with zero attached hydrogens (tertiary/aromatic N) is 1. The zero-order valence-corrected chi connectivity index (χ0v) is 10.1. The van der Waals surface area contributed by atoms with Gasteiger partial charge in [0.05, 0.1) is 4.92 Å². The normalized spacial score (nSPS) is 14.8. The highest BCUT2D eigenvalue weighted by atomic mass is 16.6. The molecule has 0 spiro atoms. The number of benzene rings is 1. The maximum absolute atomic E-state index is 10.9. The highest BCUT2D eigenvalue weighted by molar-refractivity contribution is 5.54. The van der Waals surface area contributed by atoms with Gasteiger partial charge in [-0.05, 0) is 42.4 Å². The number of hydrogen-bond donors (Lipinski definition) is 0. The standard InChI is InChI=1S/C14H17NO2/c1-2-4-14(15(16)17)10-11-7-8-12-5-3-6-13(12)9-11/h7-10H,2-6H2,1H3/b14-10-. The molecule has 0 bridgehead atoms. The molecule has 0 radical (unpaired) electrons. The molecule has 90 valence electrons. The van der Waals surface area contributed by atoms with Crippen molar-refractivity contribution >= 4 is 6.08 Å². The average molecular weight is 231 g/mol. The Bertz CT molecular complexity index is 463. The van der Waals surface area contributed by atoms with Crippen molar-refractivity contribution in [3.05, 3.63) is 50.7 Å². The van der Waals surface area contributed by atoms with Gasteiger partial charge in [-0.3, -0.25) is 10.1 Å². The fraction of sp³-hybridized carbons (Fsp3) is 0.429. The first kappa shape index (κ1) is 11.8. The molecule has 0 unspecified atom stereocenters. The van der Waals surface area contributed by atoms with Crippen LogP contribution in [-0.4, -0.2) is 4.92 Å². The first-order valence-electron chi connectivity index (χ1n) is 6.17. The number of hydrogen-bond acceptors (Lipinski definition) is 2. The van der Waals surface area contributed by atoms with Crippen molar-refractivity contribution in [2.75, 3.05) is 0 Å². The predicted molar refractivity (Wildman–Crippen MR) is 68.3 cm³/mol. The SMILES string of the molecule is CCC/C(=C/c1ccc2c(c1)CCC2)[N+](=O)[O-]. The summed E-state index contributed by atoms with van der Waals surface area (Å²) in [6.45, 7) is 1.96. The monoisotopic (exact) mass is 231 g/mol. The Kier molecular flexibility index (Phi) is 3.57. The maximum atomic E-state index is 10.9. The van der Waals surface area contributed by atoms with Crippen LogP contribution < -0.4 is 0 Å². The van der Waals surface area contributed by atoms with Crippen LogP contribution in [0, 0.1) is 10.1 Å². The first-order chi connectivity index (χ1) is 8.20. The van der Waals surface area contributed by atoms with Crippen molar-refractivity contribution in [1.29, 1.82) is 0 Å². The molecule has 0 atom stereocenters. The van der Waals surface area contributed by atoms with Crippen LogP contribution in [-0.2, 0) is 12.8 Å². The van der Waals surface area contributed by atoms with Crippen molar-refractivity contribution in [2.45, 2.75) is 39.0 Å². The highest BCUT2D eigenvalue weighted by Gasteiger charge is 2.12. The van der Waals surface area contributed by atoms with Gasteiger partial charge in [0.2, 0.25) is 5.70 Å². The quantitative estimate of drug-likeness (QED) is 0.587. The van der Waals surface area contributed by atoms with Crippen molar-refractivity contribution < 1.29 is 4.92 Å². The minimum Gasteiger partial charge on any atom is -0.259 e. The van der Waals surface area contributed by atoms with Crippen LogP contribution in [0.25, 0.3) is 6.08 Å². The molecule has 0 N–H and O–H groups in total. The van der Waals surface area contributed by atoms with Gasteiger partial charge >= 0.3 is 0 Å². The summed E-state index contributed by atoms with van der Waals surface area (Å²) >= 11 is 0. The molecule has 1 aliphatic carbocycles. The van der Waals surface area contributed by atoms with Crippen LogP contribution >= 0.6 is 0 Å². The minimum atomic E-state index is -0.267. The number of nitro groups is 1. The molecule has 1 aromatic rings. The topological polar surface area (TPSA) is 43.1 Å². The molecule has 1 aromatic carbocycles. The fourth-order valence-electron chi connectivity index (χ4n) is 2.35. The molecular weight excluding hydrogens is 214 g/mol. The number of rotatable bonds is 4. The van der Waals surface area contributed by atoms with Crippen LogP contribution in [0.2, 0.25) is 0 Å². The summed E-state index contributed by atoms with van der Waals surface area (Å²) in [5, 5.41) is 10.9. The van der Waals surface area contributed by atoms with Crippen molar-refractivity contribution in [3.8, 4) is 0 Å². The highest BCUT2D eigenvalue weighted by Crippen LogP contribution is 2.24. The summed E-state index contributed by atoms with van der Waals surface area (Å²) in [7, 11) is 0. The molecule has 1 aliphatic rings. The van der Waals surface area contributed by atoms with Crippen LogP contribution in [0.5, 0.6) is 0 Å². The first-order valence-corrected chi connectivity index (χ1v) is 6.17. The zero-order chi connectivity index (χ0) is 12.3. The molecule has 3 heteroatoms. The van der Waals surface area contributed by atoms with Gasteiger partial charge in [-0.1, -0.05) is 25.1 Å². The lowest BCUT2D eigenvalue weighted by Gasteiger charge is -2.01. The van der Waals surface area contributed by atoms with Crippen LogP contribution in [0.1, 0.15) is 42.9 Å². The van der Waals surface area contributed by atoms with Gasteiger partial charge in [-0.15, -0.1) is 0 Å². The molecular formula is C14H17NO2. The third kappa shape index (κ3) is 2.73. The molecule has 0 amide bonds. The molecule has 0 aromatic heterocycles. The van der Waals surface area contributed by atoms with E-state index in [0.717, 1.165) is 24.8 Å². The molecule has 0 aliphatic heterocycles. The lowest BCUT2D eigenvalue weighted by molar-refractivity contribution is -0.426.